The minimum atomic E-state index is 0.0981. The fraction of sp³-hybridized carbons (Fsp3) is 0.100. The summed E-state index contributed by atoms with van der Waals surface area (Å²) in [6.07, 6.45) is 1.71. The molecule has 2 aromatic rings. The van der Waals surface area contributed by atoms with Gasteiger partial charge < -0.3 is 4.98 Å². The molecule has 0 amide bonds. The molecule has 1 aromatic carbocycles. The first-order valence-electron chi connectivity index (χ1n) is 4.36. The van der Waals surface area contributed by atoms with Crippen molar-refractivity contribution in [2.24, 2.45) is 0 Å². The molecule has 0 unspecified atom stereocenters. The maximum absolute atomic E-state index is 8.28. The van der Waals surface area contributed by atoms with Crippen molar-refractivity contribution in [1.82, 2.24) is 9.97 Å². The lowest BCUT2D eigenvalue weighted by molar-refractivity contribution is -0.253. The Morgan fingerprint density at radius 2 is 2.07 bits per heavy atom. The van der Waals surface area contributed by atoms with E-state index in [4.69, 9.17) is 5.26 Å². The number of H-pyrrole nitrogens is 1. The van der Waals surface area contributed by atoms with E-state index in [2.05, 4.69) is 37.4 Å². The monoisotopic (exact) mass is 316 g/mol. The van der Waals surface area contributed by atoms with E-state index in [0.29, 0.717) is 5.69 Å². The Hall–Kier alpha value is -0.920. The smallest absolute Gasteiger partial charge is 0.137 e. The Morgan fingerprint density at radius 1 is 1.33 bits per heavy atom. The zero-order valence-electron chi connectivity index (χ0n) is 7.77. The van der Waals surface area contributed by atoms with Crippen LogP contribution >= 0.6 is 22.6 Å². The van der Waals surface area contributed by atoms with Crippen LogP contribution in [0.15, 0.2) is 30.5 Å². The molecule has 5 heteroatoms. The van der Waals surface area contributed by atoms with Crippen LogP contribution in [-0.4, -0.2) is 15.2 Å². The van der Waals surface area contributed by atoms with Crippen LogP contribution in [0, 0.1) is 3.57 Å². The standard InChI is InChI=1S/C10H9IN2O2/c11-8-3-1-7(2-4-8)10-12-5-9(13-10)6-15-14/h1-5,14H,6H2,(H,12,13). The van der Waals surface area contributed by atoms with Crippen molar-refractivity contribution in [2.75, 3.05) is 0 Å². The molecule has 0 bridgehead atoms. The minimum absolute atomic E-state index is 0.0981. The molecule has 0 saturated heterocycles. The fourth-order valence-corrected chi connectivity index (χ4v) is 1.62. The first kappa shape index (κ1) is 10.6. The van der Waals surface area contributed by atoms with Crippen molar-refractivity contribution >= 4 is 22.6 Å². The molecule has 1 heterocycles. The lowest BCUT2D eigenvalue weighted by Crippen LogP contribution is -1.87. The summed E-state index contributed by atoms with van der Waals surface area (Å²) in [6.45, 7) is 0.0981. The van der Waals surface area contributed by atoms with Gasteiger partial charge in [0.05, 0.1) is 5.69 Å². The number of rotatable bonds is 3. The van der Waals surface area contributed by atoms with Gasteiger partial charge in [0, 0.05) is 15.3 Å². The second kappa shape index (κ2) is 4.73. The summed E-state index contributed by atoms with van der Waals surface area (Å²) >= 11 is 2.25. The van der Waals surface area contributed by atoms with E-state index in [1.54, 1.807) is 6.20 Å². The molecule has 0 aliphatic heterocycles. The van der Waals surface area contributed by atoms with Crippen LogP contribution in [0.2, 0.25) is 0 Å². The number of aromatic amines is 1. The van der Waals surface area contributed by atoms with Crippen LogP contribution in [0.4, 0.5) is 0 Å². The van der Waals surface area contributed by atoms with Gasteiger partial charge in [0.25, 0.3) is 0 Å². The maximum Gasteiger partial charge on any atom is 0.137 e. The van der Waals surface area contributed by atoms with E-state index in [-0.39, 0.29) is 6.61 Å². The molecule has 0 radical (unpaired) electrons. The minimum Gasteiger partial charge on any atom is -0.344 e. The van der Waals surface area contributed by atoms with Gasteiger partial charge in [-0.2, -0.15) is 0 Å². The Morgan fingerprint density at radius 3 is 2.73 bits per heavy atom. The van der Waals surface area contributed by atoms with E-state index < -0.39 is 0 Å². The van der Waals surface area contributed by atoms with Crippen LogP contribution in [0.5, 0.6) is 0 Å². The zero-order valence-corrected chi connectivity index (χ0v) is 9.93. The first-order valence-corrected chi connectivity index (χ1v) is 5.44. The molecule has 4 nitrogen and oxygen atoms in total. The molecule has 2 N–H and O–H groups in total. The third-order valence-electron chi connectivity index (χ3n) is 1.96. The van der Waals surface area contributed by atoms with Crippen molar-refractivity contribution in [2.45, 2.75) is 6.61 Å². The summed E-state index contributed by atoms with van der Waals surface area (Å²) in [5.74, 6) is 0.776. The molecule has 1 aromatic heterocycles. The SMILES string of the molecule is OOCc1c[nH]c(-c2ccc(I)cc2)n1. The largest absolute Gasteiger partial charge is 0.344 e. The number of hydrogen-bond donors (Lipinski definition) is 2. The summed E-state index contributed by atoms with van der Waals surface area (Å²) in [5.41, 5.74) is 1.69. The molecule has 0 atom stereocenters. The van der Waals surface area contributed by atoms with Gasteiger partial charge in [-0.3, -0.25) is 5.26 Å². The number of halogens is 1. The molecule has 2 rings (SSSR count). The van der Waals surface area contributed by atoms with Gasteiger partial charge >= 0.3 is 0 Å². The highest BCUT2D eigenvalue weighted by Gasteiger charge is 2.03. The second-order valence-electron chi connectivity index (χ2n) is 3.02. The van der Waals surface area contributed by atoms with Crippen molar-refractivity contribution in [1.29, 1.82) is 0 Å². The summed E-state index contributed by atoms with van der Waals surface area (Å²) in [6, 6.07) is 8.01. The Kier molecular flexibility index (Phi) is 3.34. The van der Waals surface area contributed by atoms with Crippen molar-refractivity contribution in [3.63, 3.8) is 0 Å². The Bertz CT molecular complexity index is 439. The molecule has 0 aliphatic carbocycles. The summed E-state index contributed by atoms with van der Waals surface area (Å²) in [5, 5.41) is 8.28. The molecule has 0 aliphatic rings. The predicted octanol–water partition coefficient (Wildman–Crippen LogP) is 2.67. The first-order chi connectivity index (χ1) is 7.29. The zero-order chi connectivity index (χ0) is 10.7. The molecule has 15 heavy (non-hydrogen) atoms. The number of hydrogen-bond acceptors (Lipinski definition) is 3. The van der Waals surface area contributed by atoms with Crippen LogP contribution in [0.1, 0.15) is 5.69 Å². The summed E-state index contributed by atoms with van der Waals surface area (Å²) < 4.78 is 1.18. The topological polar surface area (TPSA) is 58.1 Å². The third kappa shape index (κ3) is 2.55. The van der Waals surface area contributed by atoms with E-state index in [1.807, 2.05) is 24.3 Å². The van der Waals surface area contributed by atoms with Crippen molar-refractivity contribution in [3.8, 4) is 11.4 Å². The van der Waals surface area contributed by atoms with Crippen LogP contribution in [-0.2, 0) is 11.5 Å². The van der Waals surface area contributed by atoms with Gasteiger partial charge in [0.2, 0.25) is 0 Å². The number of nitrogens with zero attached hydrogens (tertiary/aromatic N) is 1. The number of aromatic nitrogens is 2. The Balaban J connectivity index is 2.25. The van der Waals surface area contributed by atoms with E-state index in [0.717, 1.165) is 11.4 Å². The highest BCUT2D eigenvalue weighted by molar-refractivity contribution is 14.1. The highest BCUT2D eigenvalue weighted by Crippen LogP contribution is 2.17. The van der Waals surface area contributed by atoms with Crippen molar-refractivity contribution in [3.05, 3.63) is 39.7 Å². The van der Waals surface area contributed by atoms with Gasteiger partial charge in [0.15, 0.2) is 0 Å². The summed E-state index contributed by atoms with van der Waals surface area (Å²) in [7, 11) is 0. The molecular formula is C10H9IN2O2. The third-order valence-corrected chi connectivity index (χ3v) is 2.68. The van der Waals surface area contributed by atoms with E-state index >= 15 is 0 Å². The van der Waals surface area contributed by atoms with Gasteiger partial charge in [-0.15, -0.1) is 0 Å². The van der Waals surface area contributed by atoms with Crippen molar-refractivity contribution < 1.29 is 10.1 Å². The molecule has 0 spiro atoms. The fourth-order valence-electron chi connectivity index (χ4n) is 1.26. The molecule has 0 saturated carbocycles. The van der Waals surface area contributed by atoms with E-state index in [9.17, 15) is 0 Å². The number of nitrogens with one attached hydrogen (secondary N) is 1. The lowest BCUT2D eigenvalue weighted by atomic mass is 10.2. The van der Waals surface area contributed by atoms with Gasteiger partial charge in [-0.1, -0.05) is 12.1 Å². The maximum atomic E-state index is 8.28. The van der Waals surface area contributed by atoms with Crippen LogP contribution in [0.3, 0.4) is 0 Å². The highest BCUT2D eigenvalue weighted by atomic mass is 127. The van der Waals surface area contributed by atoms with Gasteiger partial charge in [0.1, 0.15) is 12.4 Å². The molecule has 78 valence electrons. The molecular weight excluding hydrogens is 307 g/mol. The van der Waals surface area contributed by atoms with Gasteiger partial charge in [-0.25, -0.2) is 9.87 Å². The molecule has 0 fully saturated rings. The average molecular weight is 316 g/mol. The number of benzene rings is 1. The van der Waals surface area contributed by atoms with E-state index in [1.165, 1.54) is 3.57 Å². The number of imidazole rings is 1. The predicted molar refractivity (Wildman–Crippen MR) is 64.2 cm³/mol. The quantitative estimate of drug-likeness (QED) is 0.520. The summed E-state index contributed by atoms with van der Waals surface area (Å²) in [4.78, 5) is 11.3. The second-order valence-corrected chi connectivity index (χ2v) is 4.27. The van der Waals surface area contributed by atoms with Crippen LogP contribution in [0.25, 0.3) is 11.4 Å². The Labute approximate surface area is 100 Å². The van der Waals surface area contributed by atoms with Gasteiger partial charge in [-0.05, 0) is 34.7 Å². The van der Waals surface area contributed by atoms with Crippen LogP contribution < -0.4 is 0 Å². The lowest BCUT2D eigenvalue weighted by Gasteiger charge is -1.96. The average Bonchev–Trinajstić information content (AvgIpc) is 2.68. The normalized spacial score (nSPS) is 10.5.